The number of piperidine rings is 1. The Balaban J connectivity index is 0.00000133. The van der Waals surface area contributed by atoms with E-state index >= 15 is 0 Å². The van der Waals surface area contributed by atoms with Gasteiger partial charge in [0.15, 0.2) is 0 Å². The summed E-state index contributed by atoms with van der Waals surface area (Å²) in [4.78, 5) is 4.78. The van der Waals surface area contributed by atoms with Crippen LogP contribution in [0.3, 0.4) is 0 Å². The Hall–Kier alpha value is -1.10. The van der Waals surface area contributed by atoms with Crippen LogP contribution in [0.1, 0.15) is 24.6 Å². The number of aromatic nitrogens is 2. The molecule has 2 N–H and O–H groups in total. The lowest BCUT2D eigenvalue weighted by molar-refractivity contribution is 0.273. The predicted octanol–water partition coefficient (Wildman–Crippen LogP) is 1.92. The Morgan fingerprint density at radius 1 is 1.26 bits per heavy atom. The van der Waals surface area contributed by atoms with Crippen LogP contribution in [0.15, 0.2) is 24.3 Å². The molecular formula is C14H20ClN3O. The zero-order valence-electron chi connectivity index (χ0n) is 10.9. The number of rotatable bonds is 3. The highest BCUT2D eigenvalue weighted by Crippen LogP contribution is 2.27. The van der Waals surface area contributed by atoms with Gasteiger partial charge in [-0.3, -0.25) is 0 Å². The Morgan fingerprint density at radius 2 is 2.00 bits per heavy atom. The van der Waals surface area contributed by atoms with E-state index in [0.29, 0.717) is 12.5 Å². The van der Waals surface area contributed by atoms with Gasteiger partial charge < -0.3 is 15.0 Å². The van der Waals surface area contributed by atoms with Crippen molar-refractivity contribution >= 4 is 23.4 Å². The number of hydrogen-bond donors (Lipinski definition) is 2. The zero-order valence-corrected chi connectivity index (χ0v) is 11.7. The van der Waals surface area contributed by atoms with Gasteiger partial charge >= 0.3 is 0 Å². The number of imidazole rings is 1. The van der Waals surface area contributed by atoms with Crippen LogP contribution in [-0.4, -0.2) is 34.4 Å². The van der Waals surface area contributed by atoms with Gasteiger partial charge in [0.05, 0.1) is 17.6 Å². The summed E-state index contributed by atoms with van der Waals surface area (Å²) in [7, 11) is 0. The van der Waals surface area contributed by atoms with Gasteiger partial charge in [0.1, 0.15) is 5.82 Å². The standard InChI is InChI=1S/C14H19N3O.ClH/c18-10-9-17-13-4-2-1-3-12(13)16-14(17)11-5-7-15-8-6-11;/h1-4,11,15,18H,5-10H2;1H. The van der Waals surface area contributed by atoms with Crippen molar-refractivity contribution in [2.24, 2.45) is 0 Å². The Kier molecular flexibility index (Phi) is 4.80. The molecule has 4 nitrogen and oxygen atoms in total. The van der Waals surface area contributed by atoms with Crippen LogP contribution in [0.4, 0.5) is 0 Å². The second-order valence-electron chi connectivity index (χ2n) is 4.86. The average Bonchev–Trinajstić information content (AvgIpc) is 2.80. The molecule has 19 heavy (non-hydrogen) atoms. The van der Waals surface area contributed by atoms with Gasteiger partial charge in [-0.2, -0.15) is 0 Å². The van der Waals surface area contributed by atoms with Crippen LogP contribution in [0, 0.1) is 0 Å². The van der Waals surface area contributed by atoms with E-state index in [1.807, 2.05) is 18.2 Å². The molecule has 1 fully saturated rings. The maximum Gasteiger partial charge on any atom is 0.113 e. The van der Waals surface area contributed by atoms with Crippen molar-refractivity contribution in [2.75, 3.05) is 19.7 Å². The van der Waals surface area contributed by atoms with E-state index in [-0.39, 0.29) is 19.0 Å². The summed E-state index contributed by atoms with van der Waals surface area (Å²) in [6.45, 7) is 2.93. The molecule has 5 heteroatoms. The first kappa shape index (κ1) is 14.3. The van der Waals surface area contributed by atoms with E-state index in [4.69, 9.17) is 4.98 Å². The van der Waals surface area contributed by atoms with Crippen molar-refractivity contribution in [3.8, 4) is 0 Å². The number of hydrogen-bond acceptors (Lipinski definition) is 3. The SMILES string of the molecule is Cl.OCCn1c(C2CCNCC2)nc2ccccc21. The summed E-state index contributed by atoms with van der Waals surface area (Å²) in [6, 6.07) is 8.19. The first-order chi connectivity index (χ1) is 8.90. The van der Waals surface area contributed by atoms with E-state index in [2.05, 4.69) is 16.0 Å². The summed E-state index contributed by atoms with van der Waals surface area (Å²) in [5.41, 5.74) is 2.18. The highest BCUT2D eigenvalue weighted by atomic mass is 35.5. The van der Waals surface area contributed by atoms with Gasteiger partial charge in [-0.05, 0) is 38.1 Å². The third kappa shape index (κ3) is 2.76. The van der Waals surface area contributed by atoms with E-state index < -0.39 is 0 Å². The third-order valence-corrected chi connectivity index (χ3v) is 3.71. The van der Waals surface area contributed by atoms with Gasteiger partial charge in [0, 0.05) is 12.5 Å². The molecule has 1 aromatic carbocycles. The molecule has 0 amide bonds. The molecule has 2 aromatic rings. The molecule has 0 bridgehead atoms. The van der Waals surface area contributed by atoms with Crippen LogP contribution >= 0.6 is 12.4 Å². The van der Waals surface area contributed by atoms with E-state index in [1.165, 1.54) is 0 Å². The maximum absolute atomic E-state index is 9.26. The van der Waals surface area contributed by atoms with Crippen molar-refractivity contribution in [3.63, 3.8) is 0 Å². The number of para-hydroxylation sites is 2. The Labute approximate surface area is 119 Å². The number of halogens is 1. The second-order valence-corrected chi connectivity index (χ2v) is 4.86. The summed E-state index contributed by atoms with van der Waals surface area (Å²) < 4.78 is 2.19. The predicted molar refractivity (Wildman–Crippen MR) is 78.9 cm³/mol. The number of aliphatic hydroxyl groups excluding tert-OH is 1. The summed E-state index contributed by atoms with van der Waals surface area (Å²) in [6.07, 6.45) is 2.27. The summed E-state index contributed by atoms with van der Waals surface area (Å²) in [5, 5.41) is 12.6. The van der Waals surface area contributed by atoms with Crippen LogP contribution in [-0.2, 0) is 6.54 Å². The molecule has 104 valence electrons. The van der Waals surface area contributed by atoms with Crippen LogP contribution in [0.25, 0.3) is 11.0 Å². The lowest BCUT2D eigenvalue weighted by atomic mass is 9.97. The fourth-order valence-electron chi connectivity index (χ4n) is 2.82. The lowest BCUT2D eigenvalue weighted by Crippen LogP contribution is -2.28. The second kappa shape index (κ2) is 6.37. The highest BCUT2D eigenvalue weighted by molar-refractivity contribution is 5.85. The van der Waals surface area contributed by atoms with Crippen LogP contribution in [0.2, 0.25) is 0 Å². The number of nitrogens with zero attached hydrogens (tertiary/aromatic N) is 2. The molecule has 0 saturated carbocycles. The van der Waals surface area contributed by atoms with E-state index in [9.17, 15) is 5.11 Å². The van der Waals surface area contributed by atoms with Crippen molar-refractivity contribution < 1.29 is 5.11 Å². The molecule has 1 aromatic heterocycles. The molecule has 2 heterocycles. The molecule has 1 aliphatic heterocycles. The topological polar surface area (TPSA) is 50.1 Å². The average molecular weight is 282 g/mol. The first-order valence-corrected chi connectivity index (χ1v) is 6.67. The van der Waals surface area contributed by atoms with E-state index in [1.54, 1.807) is 0 Å². The van der Waals surface area contributed by atoms with Crippen LogP contribution in [0.5, 0.6) is 0 Å². The van der Waals surface area contributed by atoms with Gasteiger partial charge in [0.25, 0.3) is 0 Å². The molecule has 0 aliphatic carbocycles. The van der Waals surface area contributed by atoms with Gasteiger partial charge in [0.2, 0.25) is 0 Å². The number of aliphatic hydroxyl groups is 1. The van der Waals surface area contributed by atoms with Gasteiger partial charge in [-0.25, -0.2) is 4.98 Å². The highest BCUT2D eigenvalue weighted by Gasteiger charge is 2.21. The summed E-state index contributed by atoms with van der Waals surface area (Å²) in [5.74, 6) is 1.66. The van der Waals surface area contributed by atoms with Crippen molar-refractivity contribution in [1.29, 1.82) is 0 Å². The van der Waals surface area contributed by atoms with E-state index in [0.717, 1.165) is 42.8 Å². The minimum absolute atomic E-state index is 0. The molecule has 1 aliphatic rings. The molecule has 0 unspecified atom stereocenters. The Morgan fingerprint density at radius 3 is 2.74 bits per heavy atom. The lowest BCUT2D eigenvalue weighted by Gasteiger charge is -2.23. The largest absolute Gasteiger partial charge is 0.395 e. The quantitative estimate of drug-likeness (QED) is 0.904. The molecule has 0 atom stereocenters. The molecule has 1 saturated heterocycles. The third-order valence-electron chi connectivity index (χ3n) is 3.71. The van der Waals surface area contributed by atoms with Crippen molar-refractivity contribution in [2.45, 2.75) is 25.3 Å². The fraction of sp³-hybridized carbons (Fsp3) is 0.500. The monoisotopic (exact) mass is 281 g/mol. The molecular weight excluding hydrogens is 262 g/mol. The van der Waals surface area contributed by atoms with Crippen LogP contribution < -0.4 is 5.32 Å². The summed E-state index contributed by atoms with van der Waals surface area (Å²) >= 11 is 0. The fourth-order valence-corrected chi connectivity index (χ4v) is 2.82. The number of nitrogens with one attached hydrogen (secondary N) is 1. The maximum atomic E-state index is 9.26. The zero-order chi connectivity index (χ0) is 12.4. The number of benzene rings is 1. The molecule has 0 spiro atoms. The van der Waals surface area contributed by atoms with Gasteiger partial charge in [-0.15, -0.1) is 12.4 Å². The normalized spacial score (nSPS) is 16.5. The molecule has 0 radical (unpaired) electrons. The minimum Gasteiger partial charge on any atom is -0.395 e. The first-order valence-electron chi connectivity index (χ1n) is 6.67. The molecule has 3 rings (SSSR count). The number of fused-ring (bicyclic) bond motifs is 1. The van der Waals surface area contributed by atoms with Crippen molar-refractivity contribution in [1.82, 2.24) is 14.9 Å². The minimum atomic E-state index is 0. The van der Waals surface area contributed by atoms with Gasteiger partial charge in [-0.1, -0.05) is 12.1 Å². The Bertz CT molecular complexity index is 534. The van der Waals surface area contributed by atoms with Crippen molar-refractivity contribution in [3.05, 3.63) is 30.1 Å². The smallest absolute Gasteiger partial charge is 0.113 e.